The fourth-order valence-electron chi connectivity index (χ4n) is 2.57. The average Bonchev–Trinajstić information content (AvgIpc) is 2.99. The third-order valence-corrected chi connectivity index (χ3v) is 5.06. The minimum Gasteiger partial charge on any atom is -0.377 e. The Morgan fingerprint density at radius 1 is 1.35 bits per heavy atom. The van der Waals surface area contributed by atoms with Crippen molar-refractivity contribution in [3.63, 3.8) is 0 Å². The maximum absolute atomic E-state index is 11.9. The molecular formula is C16H24N2O4S. The topological polar surface area (TPSA) is 75.7 Å². The SMILES string of the molecule is CS(=O)(=O)N(CCNC(=O)Cc1ccccc1)CC1CCCO1. The van der Waals surface area contributed by atoms with Gasteiger partial charge in [-0.25, -0.2) is 8.42 Å². The van der Waals surface area contributed by atoms with Crippen molar-refractivity contribution in [1.82, 2.24) is 9.62 Å². The summed E-state index contributed by atoms with van der Waals surface area (Å²) in [6, 6.07) is 9.45. The summed E-state index contributed by atoms with van der Waals surface area (Å²) in [5.74, 6) is -0.109. The third-order valence-electron chi connectivity index (χ3n) is 3.79. The van der Waals surface area contributed by atoms with E-state index in [1.165, 1.54) is 10.6 Å². The van der Waals surface area contributed by atoms with Gasteiger partial charge in [-0.2, -0.15) is 4.31 Å². The number of benzene rings is 1. The summed E-state index contributed by atoms with van der Waals surface area (Å²) in [6.07, 6.45) is 3.30. The summed E-state index contributed by atoms with van der Waals surface area (Å²) >= 11 is 0. The molecule has 1 heterocycles. The second-order valence-electron chi connectivity index (χ2n) is 5.77. The second-order valence-corrected chi connectivity index (χ2v) is 7.75. The van der Waals surface area contributed by atoms with Crippen molar-refractivity contribution >= 4 is 15.9 Å². The Kier molecular flexibility index (Phi) is 6.56. The van der Waals surface area contributed by atoms with Crippen molar-refractivity contribution in [2.24, 2.45) is 0 Å². The number of amides is 1. The van der Waals surface area contributed by atoms with Gasteiger partial charge in [0.25, 0.3) is 0 Å². The molecule has 1 aromatic carbocycles. The molecule has 1 aliphatic rings. The number of hydrogen-bond acceptors (Lipinski definition) is 4. The van der Waals surface area contributed by atoms with Crippen LogP contribution in [0, 0.1) is 0 Å². The zero-order chi connectivity index (χ0) is 16.7. The van der Waals surface area contributed by atoms with Crippen molar-refractivity contribution in [1.29, 1.82) is 0 Å². The summed E-state index contributed by atoms with van der Waals surface area (Å²) in [5, 5.41) is 2.77. The molecule has 2 rings (SSSR count). The molecule has 1 amide bonds. The summed E-state index contributed by atoms with van der Waals surface area (Å²) < 4.78 is 30.6. The number of sulfonamides is 1. The van der Waals surface area contributed by atoms with E-state index in [1.807, 2.05) is 30.3 Å². The van der Waals surface area contributed by atoms with E-state index in [2.05, 4.69) is 5.32 Å². The average molecular weight is 340 g/mol. The van der Waals surface area contributed by atoms with E-state index in [4.69, 9.17) is 4.74 Å². The number of hydrogen-bond donors (Lipinski definition) is 1. The predicted octanol–water partition coefficient (Wildman–Crippen LogP) is 0.786. The van der Waals surface area contributed by atoms with Gasteiger partial charge in [-0.15, -0.1) is 0 Å². The molecule has 6 nitrogen and oxygen atoms in total. The first-order valence-electron chi connectivity index (χ1n) is 7.82. The molecule has 1 saturated heterocycles. The van der Waals surface area contributed by atoms with Gasteiger partial charge in [-0.3, -0.25) is 4.79 Å². The molecule has 1 aromatic rings. The molecule has 0 spiro atoms. The zero-order valence-corrected chi connectivity index (χ0v) is 14.2. The first kappa shape index (κ1) is 17.9. The quantitative estimate of drug-likeness (QED) is 0.759. The van der Waals surface area contributed by atoms with E-state index in [0.717, 1.165) is 18.4 Å². The number of carbonyl (C=O) groups is 1. The van der Waals surface area contributed by atoms with Crippen molar-refractivity contribution in [3.8, 4) is 0 Å². The molecule has 0 aromatic heterocycles. The molecule has 1 N–H and O–H groups in total. The fourth-order valence-corrected chi connectivity index (χ4v) is 3.43. The van der Waals surface area contributed by atoms with Crippen LogP contribution < -0.4 is 5.32 Å². The molecule has 1 atom stereocenters. The van der Waals surface area contributed by atoms with Gasteiger partial charge < -0.3 is 10.1 Å². The predicted molar refractivity (Wildman–Crippen MR) is 88.5 cm³/mol. The van der Waals surface area contributed by atoms with Crippen LogP contribution in [0.15, 0.2) is 30.3 Å². The van der Waals surface area contributed by atoms with E-state index in [9.17, 15) is 13.2 Å². The number of rotatable bonds is 8. The molecule has 1 fully saturated rings. The highest BCUT2D eigenvalue weighted by atomic mass is 32.2. The molecule has 0 saturated carbocycles. The van der Waals surface area contributed by atoms with E-state index in [1.54, 1.807) is 0 Å². The van der Waals surface area contributed by atoms with Crippen LogP contribution in [0.3, 0.4) is 0 Å². The summed E-state index contributed by atoms with van der Waals surface area (Å²) in [6.45, 7) is 1.61. The lowest BCUT2D eigenvalue weighted by atomic mass is 10.1. The lowest BCUT2D eigenvalue weighted by Gasteiger charge is -2.23. The van der Waals surface area contributed by atoms with Gasteiger partial charge in [-0.05, 0) is 18.4 Å². The van der Waals surface area contributed by atoms with E-state index >= 15 is 0 Å². The van der Waals surface area contributed by atoms with E-state index in [0.29, 0.717) is 26.1 Å². The van der Waals surface area contributed by atoms with Gasteiger partial charge in [0.2, 0.25) is 15.9 Å². The van der Waals surface area contributed by atoms with Crippen molar-refractivity contribution in [2.75, 3.05) is 32.5 Å². The Balaban J connectivity index is 1.78. The molecular weight excluding hydrogens is 316 g/mol. The highest BCUT2D eigenvalue weighted by Crippen LogP contribution is 2.14. The van der Waals surface area contributed by atoms with E-state index < -0.39 is 10.0 Å². The first-order chi connectivity index (χ1) is 10.9. The Bertz CT molecular complexity index is 598. The van der Waals surface area contributed by atoms with Crippen LogP contribution in [-0.2, 0) is 26.0 Å². The molecule has 1 unspecified atom stereocenters. The van der Waals surface area contributed by atoms with Gasteiger partial charge in [0.05, 0.1) is 18.8 Å². The highest BCUT2D eigenvalue weighted by Gasteiger charge is 2.24. The molecule has 23 heavy (non-hydrogen) atoms. The normalized spacial score (nSPS) is 18.3. The maximum atomic E-state index is 11.9. The minimum atomic E-state index is -3.31. The van der Waals surface area contributed by atoms with Gasteiger partial charge in [0.1, 0.15) is 0 Å². The van der Waals surface area contributed by atoms with Crippen molar-refractivity contribution in [2.45, 2.75) is 25.4 Å². The molecule has 0 aliphatic carbocycles. The third kappa shape index (κ3) is 6.29. The number of nitrogens with zero attached hydrogens (tertiary/aromatic N) is 1. The monoisotopic (exact) mass is 340 g/mol. The molecule has 128 valence electrons. The molecule has 1 aliphatic heterocycles. The molecule has 7 heteroatoms. The summed E-state index contributed by atoms with van der Waals surface area (Å²) in [7, 11) is -3.31. The maximum Gasteiger partial charge on any atom is 0.224 e. The minimum absolute atomic E-state index is 0.0373. The zero-order valence-electron chi connectivity index (χ0n) is 13.4. The Hall–Kier alpha value is -1.44. The highest BCUT2D eigenvalue weighted by molar-refractivity contribution is 7.88. The molecule has 0 radical (unpaired) electrons. The van der Waals surface area contributed by atoms with E-state index in [-0.39, 0.29) is 18.6 Å². The van der Waals surface area contributed by atoms with Crippen LogP contribution in [0.25, 0.3) is 0 Å². The Labute approximate surface area is 137 Å². The second kappa shape index (κ2) is 8.42. The largest absolute Gasteiger partial charge is 0.377 e. The number of nitrogens with one attached hydrogen (secondary N) is 1. The van der Waals surface area contributed by atoms with Crippen LogP contribution in [0.2, 0.25) is 0 Å². The van der Waals surface area contributed by atoms with Crippen LogP contribution in [0.5, 0.6) is 0 Å². The van der Waals surface area contributed by atoms with Gasteiger partial charge in [0, 0.05) is 26.2 Å². The summed E-state index contributed by atoms with van der Waals surface area (Å²) in [5.41, 5.74) is 0.935. The molecule has 0 bridgehead atoms. The van der Waals surface area contributed by atoms with Crippen LogP contribution in [0.1, 0.15) is 18.4 Å². The van der Waals surface area contributed by atoms with Crippen molar-refractivity contribution < 1.29 is 17.9 Å². The standard InChI is InChI=1S/C16H24N2O4S/c1-23(20,21)18(13-15-8-5-11-22-15)10-9-17-16(19)12-14-6-3-2-4-7-14/h2-4,6-7,15H,5,8-13H2,1H3,(H,17,19). The first-order valence-corrected chi connectivity index (χ1v) is 9.67. The van der Waals surface area contributed by atoms with Gasteiger partial charge in [0.15, 0.2) is 0 Å². The van der Waals surface area contributed by atoms with Gasteiger partial charge in [-0.1, -0.05) is 30.3 Å². The van der Waals surface area contributed by atoms with Crippen LogP contribution in [0.4, 0.5) is 0 Å². The lowest BCUT2D eigenvalue weighted by molar-refractivity contribution is -0.120. The van der Waals surface area contributed by atoms with Crippen molar-refractivity contribution in [3.05, 3.63) is 35.9 Å². The summed E-state index contributed by atoms with van der Waals surface area (Å²) in [4.78, 5) is 11.9. The van der Waals surface area contributed by atoms with Crippen LogP contribution >= 0.6 is 0 Å². The van der Waals surface area contributed by atoms with Gasteiger partial charge >= 0.3 is 0 Å². The lowest BCUT2D eigenvalue weighted by Crippen LogP contribution is -2.42. The Morgan fingerprint density at radius 2 is 2.09 bits per heavy atom. The number of ether oxygens (including phenoxy) is 1. The van der Waals surface area contributed by atoms with Crippen LogP contribution in [-0.4, -0.2) is 57.2 Å². The fraction of sp³-hybridized carbons (Fsp3) is 0.562. The Morgan fingerprint density at radius 3 is 2.70 bits per heavy atom. The number of carbonyl (C=O) groups excluding carboxylic acids is 1. The smallest absolute Gasteiger partial charge is 0.224 e.